The van der Waals surface area contributed by atoms with Crippen molar-refractivity contribution in [3.8, 4) is 6.07 Å². The van der Waals surface area contributed by atoms with Gasteiger partial charge in [-0.3, -0.25) is 5.32 Å². The molecule has 78 valence electrons. The molecule has 1 aliphatic carbocycles. The van der Waals surface area contributed by atoms with E-state index in [4.69, 9.17) is 0 Å². The monoisotopic (exact) mass is 210 g/mol. The highest BCUT2D eigenvalue weighted by molar-refractivity contribution is 8.00. The van der Waals surface area contributed by atoms with E-state index in [1.165, 1.54) is 25.0 Å². The summed E-state index contributed by atoms with van der Waals surface area (Å²) in [5.74, 6) is 2.08. The average molecular weight is 210 g/mol. The molecule has 1 N–H and O–H groups in total. The van der Waals surface area contributed by atoms with Crippen LogP contribution in [0.2, 0.25) is 0 Å². The Kier molecular flexibility index (Phi) is 3.04. The lowest BCUT2D eigenvalue weighted by Gasteiger charge is -2.37. The van der Waals surface area contributed by atoms with Crippen LogP contribution < -0.4 is 5.32 Å². The van der Waals surface area contributed by atoms with Gasteiger partial charge in [0.05, 0.1) is 6.07 Å². The van der Waals surface area contributed by atoms with E-state index in [2.05, 4.69) is 18.3 Å². The number of nitriles is 1. The van der Waals surface area contributed by atoms with Crippen molar-refractivity contribution in [1.29, 1.82) is 5.26 Å². The summed E-state index contributed by atoms with van der Waals surface area (Å²) in [6, 6.07) is 2.52. The van der Waals surface area contributed by atoms with Crippen LogP contribution in [0.1, 0.15) is 32.6 Å². The fourth-order valence-corrected chi connectivity index (χ4v) is 3.23. The Morgan fingerprint density at radius 1 is 1.57 bits per heavy atom. The molecule has 2 unspecified atom stereocenters. The smallest absolute Gasteiger partial charge is 0.118 e. The fourth-order valence-electron chi connectivity index (χ4n) is 2.02. The summed E-state index contributed by atoms with van der Waals surface area (Å²) >= 11 is 1.94. The Balaban J connectivity index is 1.95. The first-order valence-electron chi connectivity index (χ1n) is 5.55. The van der Waals surface area contributed by atoms with Gasteiger partial charge >= 0.3 is 0 Å². The number of thioether (sulfide) groups is 1. The molecule has 2 atom stereocenters. The first-order valence-corrected chi connectivity index (χ1v) is 6.59. The molecule has 14 heavy (non-hydrogen) atoms. The third kappa shape index (κ3) is 2.07. The molecule has 0 aromatic carbocycles. The van der Waals surface area contributed by atoms with Crippen molar-refractivity contribution < 1.29 is 0 Å². The van der Waals surface area contributed by atoms with Gasteiger partial charge in [-0.25, -0.2) is 0 Å². The highest BCUT2D eigenvalue weighted by atomic mass is 32.2. The van der Waals surface area contributed by atoms with Gasteiger partial charge in [0.15, 0.2) is 0 Å². The van der Waals surface area contributed by atoms with Crippen molar-refractivity contribution in [1.82, 2.24) is 5.32 Å². The fraction of sp³-hybridized carbons (Fsp3) is 0.909. The largest absolute Gasteiger partial charge is 0.298 e. The first-order chi connectivity index (χ1) is 6.77. The third-order valence-corrected chi connectivity index (χ3v) is 4.81. The Hall–Kier alpha value is -0.200. The van der Waals surface area contributed by atoms with E-state index in [-0.39, 0.29) is 5.54 Å². The maximum absolute atomic E-state index is 9.32. The second-order valence-corrected chi connectivity index (χ2v) is 5.97. The molecular formula is C11H18N2S. The number of rotatable bonds is 3. The maximum atomic E-state index is 9.32. The highest BCUT2D eigenvalue weighted by Crippen LogP contribution is 2.35. The minimum absolute atomic E-state index is 0.231. The molecule has 0 amide bonds. The Morgan fingerprint density at radius 2 is 2.36 bits per heavy atom. The molecule has 2 rings (SSSR count). The van der Waals surface area contributed by atoms with E-state index in [1.807, 2.05) is 11.8 Å². The summed E-state index contributed by atoms with van der Waals surface area (Å²) in [7, 11) is 0. The minimum Gasteiger partial charge on any atom is -0.298 e. The van der Waals surface area contributed by atoms with Gasteiger partial charge < -0.3 is 0 Å². The number of hydrogen-bond donors (Lipinski definition) is 1. The van der Waals surface area contributed by atoms with Crippen LogP contribution in [0.4, 0.5) is 0 Å². The van der Waals surface area contributed by atoms with Crippen LogP contribution in [-0.2, 0) is 0 Å². The molecule has 3 heteroatoms. The van der Waals surface area contributed by atoms with Gasteiger partial charge in [0.1, 0.15) is 5.54 Å². The predicted octanol–water partition coefficient (Wildman–Crippen LogP) is 2.16. The Labute approximate surface area is 90.4 Å². The van der Waals surface area contributed by atoms with Gasteiger partial charge in [-0.2, -0.15) is 17.0 Å². The van der Waals surface area contributed by atoms with Crippen LogP contribution in [0.25, 0.3) is 0 Å². The molecule has 0 aromatic rings. The zero-order chi connectivity index (χ0) is 10.0. The molecule has 1 heterocycles. The number of nitrogens with one attached hydrogen (secondary N) is 1. The van der Waals surface area contributed by atoms with Gasteiger partial charge in [0.25, 0.3) is 0 Å². The first kappa shape index (κ1) is 10.3. The van der Waals surface area contributed by atoms with E-state index in [0.29, 0.717) is 5.25 Å². The summed E-state index contributed by atoms with van der Waals surface area (Å²) in [6.45, 7) is 3.24. The molecule has 2 nitrogen and oxygen atoms in total. The molecular weight excluding hydrogens is 192 g/mol. The lowest BCUT2D eigenvalue weighted by Crippen LogP contribution is -2.53. The number of hydrogen-bond acceptors (Lipinski definition) is 3. The van der Waals surface area contributed by atoms with E-state index < -0.39 is 0 Å². The van der Waals surface area contributed by atoms with Gasteiger partial charge in [0, 0.05) is 5.25 Å². The second-order valence-electron chi connectivity index (χ2n) is 4.52. The van der Waals surface area contributed by atoms with Crippen LogP contribution in [0.5, 0.6) is 0 Å². The van der Waals surface area contributed by atoms with E-state index in [0.717, 1.165) is 18.9 Å². The molecule has 0 radical (unpaired) electrons. The summed E-state index contributed by atoms with van der Waals surface area (Å²) in [5.41, 5.74) is -0.231. The minimum atomic E-state index is -0.231. The van der Waals surface area contributed by atoms with Crippen molar-refractivity contribution in [2.75, 3.05) is 12.3 Å². The lowest BCUT2D eigenvalue weighted by atomic mass is 9.91. The number of nitrogens with zero attached hydrogens (tertiary/aromatic N) is 1. The molecule has 1 saturated carbocycles. The van der Waals surface area contributed by atoms with Crippen molar-refractivity contribution in [3.05, 3.63) is 0 Å². The van der Waals surface area contributed by atoms with Crippen LogP contribution in [-0.4, -0.2) is 23.1 Å². The van der Waals surface area contributed by atoms with Crippen LogP contribution in [0.3, 0.4) is 0 Å². The Morgan fingerprint density at radius 3 is 2.93 bits per heavy atom. The summed E-state index contributed by atoms with van der Waals surface area (Å²) < 4.78 is 0. The molecule has 0 spiro atoms. The third-order valence-electron chi connectivity index (χ3n) is 3.38. The van der Waals surface area contributed by atoms with Crippen molar-refractivity contribution in [2.45, 2.75) is 43.4 Å². The van der Waals surface area contributed by atoms with Crippen LogP contribution >= 0.6 is 11.8 Å². The zero-order valence-corrected chi connectivity index (χ0v) is 9.57. The standard InChI is InChI=1S/C11H18N2S/c1-9-11(8-12,5-2-6-14-9)13-7-10-3-4-10/h9-10,13H,2-7H2,1H3. The predicted molar refractivity (Wildman–Crippen MR) is 60.2 cm³/mol. The molecule has 1 saturated heterocycles. The van der Waals surface area contributed by atoms with Crippen LogP contribution in [0.15, 0.2) is 0 Å². The van der Waals surface area contributed by atoms with E-state index in [9.17, 15) is 5.26 Å². The van der Waals surface area contributed by atoms with Gasteiger partial charge in [-0.05, 0) is 43.9 Å². The average Bonchev–Trinajstić information content (AvgIpc) is 3.01. The second kappa shape index (κ2) is 4.12. The normalized spacial score (nSPS) is 37.9. The van der Waals surface area contributed by atoms with Gasteiger partial charge in [-0.1, -0.05) is 6.92 Å². The maximum Gasteiger partial charge on any atom is 0.118 e. The van der Waals surface area contributed by atoms with Crippen molar-refractivity contribution in [3.63, 3.8) is 0 Å². The van der Waals surface area contributed by atoms with Crippen LogP contribution in [0, 0.1) is 17.2 Å². The summed E-state index contributed by atoms with van der Waals surface area (Å²) in [6.07, 6.45) is 4.93. The highest BCUT2D eigenvalue weighted by Gasteiger charge is 2.39. The van der Waals surface area contributed by atoms with Gasteiger partial charge in [0.2, 0.25) is 0 Å². The molecule has 0 bridgehead atoms. The van der Waals surface area contributed by atoms with E-state index in [1.54, 1.807) is 0 Å². The molecule has 2 aliphatic rings. The zero-order valence-electron chi connectivity index (χ0n) is 8.75. The van der Waals surface area contributed by atoms with Crippen molar-refractivity contribution in [2.24, 2.45) is 5.92 Å². The van der Waals surface area contributed by atoms with Gasteiger partial charge in [-0.15, -0.1) is 0 Å². The summed E-state index contributed by atoms with van der Waals surface area (Å²) in [5, 5.41) is 13.3. The SMILES string of the molecule is CC1SCCCC1(C#N)NCC1CC1. The van der Waals surface area contributed by atoms with Crippen molar-refractivity contribution >= 4 is 11.8 Å². The Bertz CT molecular complexity index is 244. The molecule has 0 aromatic heterocycles. The molecule has 2 fully saturated rings. The quantitative estimate of drug-likeness (QED) is 0.775. The lowest BCUT2D eigenvalue weighted by molar-refractivity contribution is 0.364. The summed E-state index contributed by atoms with van der Waals surface area (Å²) in [4.78, 5) is 0. The topological polar surface area (TPSA) is 35.8 Å². The van der Waals surface area contributed by atoms with E-state index >= 15 is 0 Å². The molecule has 1 aliphatic heterocycles.